The van der Waals surface area contributed by atoms with E-state index in [4.69, 9.17) is 0 Å². The summed E-state index contributed by atoms with van der Waals surface area (Å²) in [6.45, 7) is 3.94. The van der Waals surface area contributed by atoms with Crippen LogP contribution in [0.4, 0.5) is 0 Å². The van der Waals surface area contributed by atoms with Gasteiger partial charge >= 0.3 is 0 Å². The molecule has 0 aliphatic heterocycles. The molecule has 1 N–H and O–H groups in total. The Hall–Kier alpha value is -1.60. The number of rotatable bonds is 5. The number of carbonyl (C=O) groups excluding carboxylic acids is 1. The first kappa shape index (κ1) is 16.8. The van der Waals surface area contributed by atoms with Crippen molar-refractivity contribution in [2.75, 3.05) is 6.26 Å². The number of nitrogens with one attached hydrogen (secondary N) is 1. The van der Waals surface area contributed by atoms with Crippen LogP contribution in [0.3, 0.4) is 0 Å². The number of hydrogen-bond donors (Lipinski definition) is 1. The van der Waals surface area contributed by atoms with E-state index in [9.17, 15) is 4.79 Å². The lowest BCUT2D eigenvalue weighted by molar-refractivity contribution is -0.121. The lowest BCUT2D eigenvalue weighted by Crippen LogP contribution is -2.24. The summed E-state index contributed by atoms with van der Waals surface area (Å²) in [6.07, 6.45) is 3.65. The molecule has 1 amide bonds. The minimum atomic E-state index is -0.213. The van der Waals surface area contributed by atoms with E-state index < -0.39 is 0 Å². The molecule has 0 atom stereocenters. The van der Waals surface area contributed by atoms with Gasteiger partial charge in [0.1, 0.15) is 6.54 Å². The fraction of sp³-hybridized carbons (Fsp3) is 0.267. The molecule has 2 rings (SSSR count). The van der Waals surface area contributed by atoms with Gasteiger partial charge in [-0.2, -0.15) is 10.2 Å². The van der Waals surface area contributed by atoms with Gasteiger partial charge in [0.15, 0.2) is 0 Å². The Bertz CT molecular complexity index is 694. The number of nitrogens with zero attached hydrogens (tertiary/aromatic N) is 3. The summed E-state index contributed by atoms with van der Waals surface area (Å²) in [5.41, 5.74) is 5.23. The summed E-state index contributed by atoms with van der Waals surface area (Å²) in [5.74, 6) is -0.213. The lowest BCUT2D eigenvalue weighted by atomic mass is 10.2. The van der Waals surface area contributed by atoms with Crippen LogP contribution in [-0.2, 0) is 11.3 Å². The van der Waals surface area contributed by atoms with Gasteiger partial charge in [0, 0.05) is 4.90 Å². The molecule has 0 spiro atoms. The Morgan fingerprint density at radius 3 is 2.64 bits per heavy atom. The van der Waals surface area contributed by atoms with Crippen molar-refractivity contribution in [2.45, 2.75) is 25.3 Å². The van der Waals surface area contributed by atoms with E-state index in [-0.39, 0.29) is 12.5 Å². The fourth-order valence-corrected chi connectivity index (χ4v) is 2.56. The highest BCUT2D eigenvalue weighted by atomic mass is 79.9. The van der Waals surface area contributed by atoms with Crippen LogP contribution in [0.5, 0.6) is 0 Å². The molecule has 2 aromatic rings. The highest BCUT2D eigenvalue weighted by molar-refractivity contribution is 9.10. The Balaban J connectivity index is 1.91. The number of thioether (sulfide) groups is 1. The van der Waals surface area contributed by atoms with E-state index >= 15 is 0 Å². The lowest BCUT2D eigenvalue weighted by Gasteiger charge is -2.03. The van der Waals surface area contributed by atoms with Gasteiger partial charge in [-0.1, -0.05) is 12.1 Å². The maximum Gasteiger partial charge on any atom is 0.261 e. The van der Waals surface area contributed by atoms with Crippen molar-refractivity contribution in [2.24, 2.45) is 5.10 Å². The molecule has 1 aromatic carbocycles. The number of hydrogen-bond acceptors (Lipinski definition) is 4. The second-order valence-electron chi connectivity index (χ2n) is 4.71. The quantitative estimate of drug-likeness (QED) is 0.492. The molecule has 0 aliphatic carbocycles. The second kappa shape index (κ2) is 7.60. The smallest absolute Gasteiger partial charge is 0.261 e. The number of benzene rings is 1. The first-order valence-electron chi connectivity index (χ1n) is 6.66. The average molecular weight is 381 g/mol. The molecule has 1 heterocycles. The van der Waals surface area contributed by atoms with Crippen molar-refractivity contribution in [3.8, 4) is 0 Å². The van der Waals surface area contributed by atoms with Crippen LogP contribution < -0.4 is 5.43 Å². The van der Waals surface area contributed by atoms with E-state index in [0.29, 0.717) is 0 Å². The molecule has 0 fully saturated rings. The van der Waals surface area contributed by atoms with Gasteiger partial charge < -0.3 is 0 Å². The monoisotopic (exact) mass is 380 g/mol. The SMILES string of the molecule is CSc1ccc(C=NNC(=O)Cn2nc(C)c(Br)c2C)cc1. The van der Waals surface area contributed by atoms with Crippen molar-refractivity contribution in [3.63, 3.8) is 0 Å². The maximum atomic E-state index is 11.9. The molecule has 0 radical (unpaired) electrons. The van der Waals surface area contributed by atoms with Gasteiger partial charge in [-0.3, -0.25) is 9.48 Å². The van der Waals surface area contributed by atoms with Gasteiger partial charge in [0.2, 0.25) is 0 Å². The third-order valence-electron chi connectivity index (χ3n) is 3.11. The van der Waals surface area contributed by atoms with Crippen LogP contribution in [0.2, 0.25) is 0 Å². The molecule has 5 nitrogen and oxygen atoms in total. The van der Waals surface area contributed by atoms with E-state index in [0.717, 1.165) is 21.4 Å². The van der Waals surface area contributed by atoms with E-state index in [1.165, 1.54) is 4.90 Å². The van der Waals surface area contributed by atoms with Gasteiger partial charge in [-0.05, 0) is 53.7 Å². The Kier molecular flexibility index (Phi) is 5.79. The van der Waals surface area contributed by atoms with Crippen LogP contribution >= 0.6 is 27.7 Å². The van der Waals surface area contributed by atoms with Crippen LogP contribution in [0, 0.1) is 13.8 Å². The molecule has 1 aromatic heterocycles. The molecule has 0 bridgehead atoms. The number of aryl methyl sites for hydroxylation is 1. The first-order valence-corrected chi connectivity index (χ1v) is 8.68. The Morgan fingerprint density at radius 2 is 2.09 bits per heavy atom. The zero-order chi connectivity index (χ0) is 16.1. The predicted molar refractivity (Wildman–Crippen MR) is 93.4 cm³/mol. The molecule has 0 aliphatic rings. The highest BCUT2D eigenvalue weighted by Crippen LogP contribution is 2.19. The summed E-state index contributed by atoms with van der Waals surface area (Å²) in [4.78, 5) is 13.1. The van der Waals surface area contributed by atoms with Crippen molar-refractivity contribution in [1.82, 2.24) is 15.2 Å². The van der Waals surface area contributed by atoms with Gasteiger partial charge in [0.25, 0.3) is 5.91 Å². The average Bonchev–Trinajstić information content (AvgIpc) is 2.75. The highest BCUT2D eigenvalue weighted by Gasteiger charge is 2.11. The Labute approximate surface area is 142 Å². The number of amides is 1. The minimum absolute atomic E-state index is 0.140. The predicted octanol–water partition coefficient (Wildman–Crippen LogP) is 3.13. The van der Waals surface area contributed by atoms with E-state index in [1.54, 1.807) is 22.7 Å². The van der Waals surface area contributed by atoms with Crippen molar-refractivity contribution >= 4 is 39.8 Å². The Morgan fingerprint density at radius 1 is 1.41 bits per heavy atom. The zero-order valence-corrected chi connectivity index (χ0v) is 15.0. The topological polar surface area (TPSA) is 59.3 Å². The van der Waals surface area contributed by atoms with Crippen LogP contribution in [0.25, 0.3) is 0 Å². The van der Waals surface area contributed by atoms with Crippen molar-refractivity contribution in [3.05, 3.63) is 45.7 Å². The number of halogens is 1. The zero-order valence-electron chi connectivity index (χ0n) is 12.6. The number of aromatic nitrogens is 2. The molecule has 0 saturated carbocycles. The number of carbonyl (C=O) groups is 1. The summed E-state index contributed by atoms with van der Waals surface area (Å²) in [5, 5.41) is 8.26. The van der Waals surface area contributed by atoms with E-state index in [2.05, 4.69) is 31.6 Å². The number of hydrazone groups is 1. The molecule has 0 saturated heterocycles. The van der Waals surface area contributed by atoms with Gasteiger partial charge in [0.05, 0.1) is 22.1 Å². The van der Waals surface area contributed by atoms with Crippen molar-refractivity contribution < 1.29 is 4.79 Å². The second-order valence-corrected chi connectivity index (χ2v) is 6.38. The minimum Gasteiger partial charge on any atom is -0.271 e. The molecule has 0 unspecified atom stereocenters. The molecule has 7 heteroatoms. The molecular weight excluding hydrogens is 364 g/mol. The first-order chi connectivity index (χ1) is 10.5. The summed E-state index contributed by atoms with van der Waals surface area (Å²) in [6, 6.07) is 7.95. The standard InChI is InChI=1S/C15H17BrN4OS/c1-10-15(16)11(2)20(19-10)9-14(21)18-17-8-12-4-6-13(22-3)7-5-12/h4-8H,9H2,1-3H3,(H,18,21). The van der Waals surface area contributed by atoms with Crippen LogP contribution in [0.15, 0.2) is 38.7 Å². The van der Waals surface area contributed by atoms with Crippen LogP contribution in [0.1, 0.15) is 17.0 Å². The van der Waals surface area contributed by atoms with Crippen LogP contribution in [-0.4, -0.2) is 28.2 Å². The maximum absolute atomic E-state index is 11.9. The molecule has 22 heavy (non-hydrogen) atoms. The third kappa shape index (κ3) is 4.20. The normalized spacial score (nSPS) is 11.1. The summed E-state index contributed by atoms with van der Waals surface area (Å²) in [7, 11) is 0. The third-order valence-corrected chi connectivity index (χ3v) is 5.00. The van der Waals surface area contributed by atoms with Gasteiger partial charge in [-0.25, -0.2) is 5.43 Å². The largest absolute Gasteiger partial charge is 0.271 e. The fourth-order valence-electron chi connectivity index (χ4n) is 1.87. The molecular formula is C15H17BrN4OS. The summed E-state index contributed by atoms with van der Waals surface area (Å²) >= 11 is 5.12. The van der Waals surface area contributed by atoms with E-state index in [1.807, 2.05) is 44.4 Å². The molecule has 116 valence electrons. The van der Waals surface area contributed by atoms with Crippen molar-refractivity contribution in [1.29, 1.82) is 0 Å². The van der Waals surface area contributed by atoms with Gasteiger partial charge in [-0.15, -0.1) is 11.8 Å². The summed E-state index contributed by atoms with van der Waals surface area (Å²) < 4.78 is 2.58.